The number of nitrogens with zero attached hydrogens (tertiary/aromatic N) is 6. The van der Waals surface area contributed by atoms with Crippen molar-refractivity contribution in [3.05, 3.63) is 40.8 Å². The minimum atomic E-state index is -2.66. The lowest BCUT2D eigenvalue weighted by Crippen LogP contribution is -2.58. The number of fused-ring (bicyclic) bond motifs is 2. The van der Waals surface area contributed by atoms with E-state index in [-0.39, 0.29) is 59.7 Å². The molecule has 0 aliphatic carbocycles. The number of hydrogen-bond acceptors (Lipinski definition) is 7. The highest BCUT2D eigenvalue weighted by Gasteiger charge is 2.38. The van der Waals surface area contributed by atoms with E-state index in [0.717, 1.165) is 16.5 Å². The van der Waals surface area contributed by atoms with E-state index in [2.05, 4.69) is 15.2 Å². The van der Waals surface area contributed by atoms with Crippen LogP contribution in [0.25, 0.3) is 32.9 Å². The predicted molar refractivity (Wildman–Crippen MR) is 164 cm³/mol. The van der Waals surface area contributed by atoms with Crippen LogP contribution in [0.2, 0.25) is 5.02 Å². The van der Waals surface area contributed by atoms with E-state index in [1.54, 1.807) is 24.1 Å². The van der Waals surface area contributed by atoms with E-state index in [0.29, 0.717) is 49.4 Å². The number of amides is 1. The van der Waals surface area contributed by atoms with Gasteiger partial charge in [0.25, 0.3) is 5.92 Å². The highest BCUT2D eigenvalue weighted by molar-refractivity contribution is 6.35. The molecule has 2 saturated heterocycles. The SMILES string of the molecule is CC(=O)N1C[C@H](C)N(c2nc(OCCCN3CCC(F)(F)C3)nc3c(F)c(-c4c(C)ccc5[nH]ncc45)c(Cl)cc23)C[C@H]1C. The first-order valence-corrected chi connectivity index (χ1v) is 15.2. The molecule has 2 aliphatic rings. The number of H-pyrrole nitrogens is 1. The quantitative estimate of drug-likeness (QED) is 0.257. The van der Waals surface area contributed by atoms with Gasteiger partial charge in [-0.15, -0.1) is 0 Å². The Kier molecular flexibility index (Phi) is 8.08. The van der Waals surface area contributed by atoms with Gasteiger partial charge < -0.3 is 14.5 Å². The average molecular weight is 630 g/mol. The molecular weight excluding hydrogens is 595 g/mol. The molecule has 234 valence electrons. The third kappa shape index (κ3) is 5.65. The molecule has 9 nitrogen and oxygen atoms in total. The van der Waals surface area contributed by atoms with Gasteiger partial charge in [0.05, 0.1) is 29.9 Å². The Labute approximate surface area is 258 Å². The van der Waals surface area contributed by atoms with Crippen molar-refractivity contribution in [3.63, 3.8) is 0 Å². The number of carbonyl (C=O) groups excluding carboxylic acids is 1. The van der Waals surface area contributed by atoms with Gasteiger partial charge in [-0.1, -0.05) is 17.7 Å². The van der Waals surface area contributed by atoms with Gasteiger partial charge in [-0.2, -0.15) is 15.1 Å². The minimum absolute atomic E-state index is 0.0149. The second-order valence-corrected chi connectivity index (χ2v) is 12.4. The smallest absolute Gasteiger partial charge is 0.319 e. The van der Waals surface area contributed by atoms with Crippen molar-refractivity contribution in [2.45, 2.75) is 58.5 Å². The Morgan fingerprint density at radius 1 is 1.16 bits per heavy atom. The molecule has 2 aliphatic heterocycles. The number of aryl methyl sites for hydroxylation is 1. The van der Waals surface area contributed by atoms with Crippen LogP contribution in [0.15, 0.2) is 24.4 Å². The summed E-state index contributed by atoms with van der Waals surface area (Å²) in [5, 5.41) is 8.42. The highest BCUT2D eigenvalue weighted by atomic mass is 35.5. The number of alkyl halides is 2. The van der Waals surface area contributed by atoms with Gasteiger partial charge in [-0.05, 0) is 44.9 Å². The number of halogens is 4. The summed E-state index contributed by atoms with van der Waals surface area (Å²) in [5.74, 6) is -2.83. The zero-order chi connectivity index (χ0) is 31.3. The maximum atomic E-state index is 16.8. The van der Waals surface area contributed by atoms with Gasteiger partial charge in [0, 0.05) is 73.5 Å². The summed E-state index contributed by atoms with van der Waals surface area (Å²) in [4.78, 5) is 27.0. The summed E-state index contributed by atoms with van der Waals surface area (Å²) < 4.78 is 49.9. The molecule has 1 amide bonds. The minimum Gasteiger partial charge on any atom is -0.463 e. The molecule has 2 atom stereocenters. The van der Waals surface area contributed by atoms with Gasteiger partial charge >= 0.3 is 6.01 Å². The third-order valence-corrected chi connectivity index (χ3v) is 8.98. The van der Waals surface area contributed by atoms with Crippen LogP contribution in [-0.2, 0) is 4.79 Å². The molecule has 0 radical (unpaired) electrons. The lowest BCUT2D eigenvalue weighted by atomic mass is 9.95. The van der Waals surface area contributed by atoms with Crippen LogP contribution in [0.3, 0.4) is 0 Å². The number of aromatic nitrogens is 4. The lowest BCUT2D eigenvalue weighted by Gasteiger charge is -2.44. The summed E-state index contributed by atoms with van der Waals surface area (Å²) in [6, 6.07) is 5.18. The van der Waals surface area contributed by atoms with E-state index < -0.39 is 11.7 Å². The fourth-order valence-corrected chi connectivity index (χ4v) is 6.73. The van der Waals surface area contributed by atoms with Gasteiger partial charge in [0.15, 0.2) is 5.82 Å². The first kappa shape index (κ1) is 30.4. The van der Waals surface area contributed by atoms with Crippen LogP contribution in [-0.4, -0.2) is 93.2 Å². The third-order valence-electron chi connectivity index (χ3n) is 8.69. The van der Waals surface area contributed by atoms with Crippen molar-refractivity contribution in [2.75, 3.05) is 44.2 Å². The van der Waals surface area contributed by atoms with Gasteiger partial charge in [-0.3, -0.25) is 14.8 Å². The highest BCUT2D eigenvalue weighted by Crippen LogP contribution is 2.42. The number of anilines is 1. The van der Waals surface area contributed by atoms with Crippen molar-refractivity contribution in [1.82, 2.24) is 30.0 Å². The molecular formula is C31H35ClF3N7O2. The fraction of sp³-hybridized carbons (Fsp3) is 0.484. The zero-order valence-electron chi connectivity index (χ0n) is 25.1. The summed E-state index contributed by atoms with van der Waals surface area (Å²) in [6.07, 6.45) is 1.98. The Hall–Kier alpha value is -3.64. The summed E-state index contributed by atoms with van der Waals surface area (Å²) in [5.41, 5.74) is 2.44. The van der Waals surface area contributed by atoms with Crippen molar-refractivity contribution in [3.8, 4) is 17.1 Å². The summed E-state index contributed by atoms with van der Waals surface area (Å²) >= 11 is 6.86. The molecule has 2 aromatic carbocycles. The van der Waals surface area contributed by atoms with Gasteiger partial charge in [0.2, 0.25) is 5.91 Å². The van der Waals surface area contributed by atoms with E-state index in [4.69, 9.17) is 21.3 Å². The molecule has 2 fully saturated rings. The summed E-state index contributed by atoms with van der Waals surface area (Å²) in [6.45, 7) is 9.00. The number of hydrogen-bond donors (Lipinski definition) is 1. The molecule has 1 N–H and O–H groups in total. The Morgan fingerprint density at radius 3 is 2.68 bits per heavy atom. The van der Waals surface area contributed by atoms with Crippen molar-refractivity contribution < 1.29 is 22.7 Å². The molecule has 4 aromatic rings. The number of aromatic amines is 1. The topological polar surface area (TPSA) is 90.5 Å². The van der Waals surface area contributed by atoms with Gasteiger partial charge in [-0.25, -0.2) is 13.2 Å². The Bertz CT molecular complexity index is 1730. The standard InChI is InChI=1S/C31H35ClF3N7O2/c1-17-6-7-24-22(13-36-39-24)25(17)26-23(32)12-21-28(27(26)33)37-30(44-11-5-9-40-10-8-31(34,35)16-40)38-29(21)42-15-18(2)41(20(4)43)14-19(42)3/h6-7,12-13,18-19H,5,8-11,14-16H2,1-4H3,(H,36,39)/t18-,19+/m1/s1. The monoisotopic (exact) mass is 629 g/mol. The molecule has 0 bridgehead atoms. The molecule has 6 rings (SSSR count). The van der Waals surface area contributed by atoms with E-state index >= 15 is 4.39 Å². The second-order valence-electron chi connectivity index (χ2n) is 12.0. The molecule has 0 spiro atoms. The molecule has 0 unspecified atom stereocenters. The largest absolute Gasteiger partial charge is 0.463 e. The molecule has 4 heterocycles. The van der Waals surface area contributed by atoms with E-state index in [9.17, 15) is 13.6 Å². The number of likely N-dealkylation sites (tertiary alicyclic amines) is 1. The molecule has 0 saturated carbocycles. The fourth-order valence-electron chi connectivity index (χ4n) is 6.44. The van der Waals surface area contributed by atoms with Crippen LogP contribution in [0.1, 0.15) is 39.2 Å². The zero-order valence-corrected chi connectivity index (χ0v) is 25.9. The first-order chi connectivity index (χ1) is 20.9. The number of nitrogens with one attached hydrogen (secondary N) is 1. The van der Waals surface area contributed by atoms with Crippen LogP contribution in [0, 0.1) is 12.7 Å². The Balaban J connectivity index is 1.41. The number of rotatable bonds is 7. The molecule has 13 heteroatoms. The van der Waals surface area contributed by atoms with Crippen LogP contribution in [0.5, 0.6) is 6.01 Å². The Morgan fingerprint density at radius 2 is 1.95 bits per heavy atom. The second kappa shape index (κ2) is 11.7. The first-order valence-electron chi connectivity index (χ1n) is 14.8. The number of piperazine rings is 1. The van der Waals surface area contributed by atoms with E-state index in [1.807, 2.05) is 42.7 Å². The maximum absolute atomic E-state index is 16.8. The normalized spacial score (nSPS) is 20.6. The average Bonchev–Trinajstić information content (AvgIpc) is 3.58. The van der Waals surface area contributed by atoms with Gasteiger partial charge in [0.1, 0.15) is 11.3 Å². The maximum Gasteiger partial charge on any atom is 0.319 e. The number of carbonyl (C=O) groups is 1. The van der Waals surface area contributed by atoms with Crippen LogP contribution >= 0.6 is 11.6 Å². The van der Waals surface area contributed by atoms with E-state index in [1.165, 1.54) is 0 Å². The molecule has 44 heavy (non-hydrogen) atoms. The van der Waals surface area contributed by atoms with Crippen molar-refractivity contribution in [2.24, 2.45) is 0 Å². The summed E-state index contributed by atoms with van der Waals surface area (Å²) in [7, 11) is 0. The van der Waals surface area contributed by atoms with Crippen molar-refractivity contribution in [1.29, 1.82) is 0 Å². The van der Waals surface area contributed by atoms with Crippen LogP contribution in [0.4, 0.5) is 19.0 Å². The lowest BCUT2D eigenvalue weighted by molar-refractivity contribution is -0.131. The number of benzene rings is 2. The predicted octanol–water partition coefficient (Wildman–Crippen LogP) is 5.83. The number of ether oxygens (including phenoxy) is 1. The van der Waals surface area contributed by atoms with Crippen molar-refractivity contribution >= 4 is 45.1 Å². The van der Waals surface area contributed by atoms with Crippen LogP contribution < -0.4 is 9.64 Å². The molecule has 2 aromatic heterocycles.